The first-order chi connectivity index (χ1) is 14.2. The van der Waals surface area contributed by atoms with Crippen LogP contribution in [0.25, 0.3) is 22.6 Å². The third-order valence-electron chi connectivity index (χ3n) is 5.19. The van der Waals surface area contributed by atoms with Gasteiger partial charge in [-0.2, -0.15) is 11.3 Å². The van der Waals surface area contributed by atoms with E-state index < -0.39 is 0 Å². The molecule has 29 heavy (non-hydrogen) atoms. The van der Waals surface area contributed by atoms with E-state index in [0.717, 1.165) is 60.2 Å². The van der Waals surface area contributed by atoms with Gasteiger partial charge in [0.15, 0.2) is 5.82 Å². The maximum Gasteiger partial charge on any atom is 0.159 e. The topological polar surface area (TPSA) is 67.9 Å². The van der Waals surface area contributed by atoms with Crippen LogP contribution >= 0.6 is 11.3 Å². The van der Waals surface area contributed by atoms with Gasteiger partial charge in [-0.25, -0.2) is 9.97 Å². The molecule has 0 fully saturated rings. The zero-order valence-corrected chi connectivity index (χ0v) is 16.8. The quantitative estimate of drug-likeness (QED) is 0.515. The van der Waals surface area contributed by atoms with Gasteiger partial charge in [-0.1, -0.05) is 6.07 Å². The number of hydrogen-bond donors (Lipinski definition) is 1. The molecular formula is C23H21N5S. The SMILES string of the molecule is Nc1ccc(-c2ncc3c(n2)CCN(Cc2cccc(-c4ccsc4)n2)C3)cc1. The van der Waals surface area contributed by atoms with E-state index in [1.807, 2.05) is 30.5 Å². The number of nitrogen functional groups attached to an aromatic ring is 1. The van der Waals surface area contributed by atoms with Gasteiger partial charge in [0.05, 0.1) is 17.1 Å². The first-order valence-corrected chi connectivity index (χ1v) is 10.6. The molecule has 3 aromatic heterocycles. The molecule has 0 atom stereocenters. The smallest absolute Gasteiger partial charge is 0.159 e. The monoisotopic (exact) mass is 399 g/mol. The highest BCUT2D eigenvalue weighted by Crippen LogP contribution is 2.24. The van der Waals surface area contributed by atoms with Crippen LogP contribution in [0.5, 0.6) is 0 Å². The Balaban J connectivity index is 1.31. The fourth-order valence-electron chi connectivity index (χ4n) is 3.65. The molecule has 144 valence electrons. The number of rotatable bonds is 4. The number of benzene rings is 1. The largest absolute Gasteiger partial charge is 0.399 e. The lowest BCUT2D eigenvalue weighted by Gasteiger charge is -2.27. The second-order valence-corrected chi connectivity index (χ2v) is 8.05. The Morgan fingerprint density at radius 1 is 1.00 bits per heavy atom. The maximum absolute atomic E-state index is 5.78. The third kappa shape index (κ3) is 3.90. The molecule has 1 aliphatic rings. The molecule has 0 spiro atoms. The lowest BCUT2D eigenvalue weighted by molar-refractivity contribution is 0.240. The first-order valence-electron chi connectivity index (χ1n) is 9.66. The van der Waals surface area contributed by atoms with E-state index in [1.54, 1.807) is 11.3 Å². The number of fused-ring (bicyclic) bond motifs is 1. The lowest BCUT2D eigenvalue weighted by atomic mass is 10.1. The number of nitrogens with zero attached hydrogens (tertiary/aromatic N) is 4. The highest BCUT2D eigenvalue weighted by atomic mass is 32.1. The van der Waals surface area contributed by atoms with Crippen molar-refractivity contribution in [3.8, 4) is 22.6 Å². The summed E-state index contributed by atoms with van der Waals surface area (Å²) in [6.07, 6.45) is 2.89. The van der Waals surface area contributed by atoms with E-state index >= 15 is 0 Å². The second kappa shape index (κ2) is 7.73. The predicted octanol–water partition coefficient (Wildman–Crippen LogP) is 4.41. The molecule has 1 aromatic carbocycles. The summed E-state index contributed by atoms with van der Waals surface area (Å²) in [5, 5.41) is 4.23. The summed E-state index contributed by atoms with van der Waals surface area (Å²) in [6, 6.07) is 16.1. The Bertz CT molecular complexity index is 1120. The van der Waals surface area contributed by atoms with Crippen molar-refractivity contribution in [3.63, 3.8) is 0 Å². The number of hydrogen-bond acceptors (Lipinski definition) is 6. The summed E-state index contributed by atoms with van der Waals surface area (Å²) < 4.78 is 0. The van der Waals surface area contributed by atoms with Crippen LogP contribution in [-0.4, -0.2) is 26.4 Å². The molecule has 0 amide bonds. The molecular weight excluding hydrogens is 378 g/mol. The van der Waals surface area contributed by atoms with E-state index in [9.17, 15) is 0 Å². The number of aromatic nitrogens is 3. The molecule has 5 rings (SSSR count). The van der Waals surface area contributed by atoms with Crippen LogP contribution in [0.15, 0.2) is 65.5 Å². The Kier molecular flexibility index (Phi) is 4.79. The van der Waals surface area contributed by atoms with Crippen molar-refractivity contribution in [2.75, 3.05) is 12.3 Å². The summed E-state index contributed by atoms with van der Waals surface area (Å²) >= 11 is 1.70. The van der Waals surface area contributed by atoms with Crippen molar-refractivity contribution >= 4 is 17.0 Å². The minimum absolute atomic E-state index is 0.749. The van der Waals surface area contributed by atoms with E-state index in [4.69, 9.17) is 15.7 Å². The third-order valence-corrected chi connectivity index (χ3v) is 5.87. The molecule has 0 unspecified atom stereocenters. The van der Waals surface area contributed by atoms with Crippen molar-refractivity contribution < 1.29 is 0 Å². The molecule has 0 aliphatic carbocycles. The predicted molar refractivity (Wildman–Crippen MR) is 117 cm³/mol. The van der Waals surface area contributed by atoms with Gasteiger partial charge in [-0.3, -0.25) is 9.88 Å². The fraction of sp³-hybridized carbons (Fsp3) is 0.174. The van der Waals surface area contributed by atoms with Gasteiger partial charge < -0.3 is 5.73 Å². The van der Waals surface area contributed by atoms with Gasteiger partial charge in [-0.05, 0) is 47.8 Å². The summed E-state index contributed by atoms with van der Waals surface area (Å²) in [4.78, 5) is 16.7. The molecule has 0 saturated heterocycles. The van der Waals surface area contributed by atoms with Crippen LogP contribution in [0.3, 0.4) is 0 Å². The van der Waals surface area contributed by atoms with Crippen LogP contribution < -0.4 is 5.73 Å². The fourth-order valence-corrected chi connectivity index (χ4v) is 4.30. The Morgan fingerprint density at radius 2 is 1.90 bits per heavy atom. The molecule has 4 heterocycles. The van der Waals surface area contributed by atoms with Gasteiger partial charge >= 0.3 is 0 Å². The van der Waals surface area contributed by atoms with Gasteiger partial charge in [-0.15, -0.1) is 0 Å². The van der Waals surface area contributed by atoms with Crippen molar-refractivity contribution in [3.05, 3.63) is 82.4 Å². The minimum Gasteiger partial charge on any atom is -0.399 e. The first kappa shape index (κ1) is 18.0. The molecule has 0 bridgehead atoms. The Labute approximate surface area is 173 Å². The molecule has 4 aromatic rings. The van der Waals surface area contributed by atoms with Crippen molar-refractivity contribution in [2.45, 2.75) is 19.5 Å². The lowest BCUT2D eigenvalue weighted by Crippen LogP contribution is -2.31. The molecule has 0 radical (unpaired) electrons. The van der Waals surface area contributed by atoms with Crippen LogP contribution in [0, 0.1) is 0 Å². The molecule has 0 saturated carbocycles. The maximum atomic E-state index is 5.78. The summed E-state index contributed by atoms with van der Waals surface area (Å²) in [5.41, 5.74) is 13.2. The zero-order valence-electron chi connectivity index (χ0n) is 16.0. The highest BCUT2D eigenvalue weighted by molar-refractivity contribution is 7.08. The van der Waals surface area contributed by atoms with E-state index in [-0.39, 0.29) is 0 Å². The van der Waals surface area contributed by atoms with Crippen LogP contribution in [0.4, 0.5) is 5.69 Å². The molecule has 5 nitrogen and oxygen atoms in total. The standard InChI is InChI=1S/C23H21N5S/c24-19-6-4-16(5-7-19)23-25-12-18-13-28(10-8-22(18)27-23)14-20-2-1-3-21(26-20)17-9-11-29-15-17/h1-7,9,11-12,15H,8,10,13-14,24H2. The number of pyridine rings is 1. The van der Waals surface area contributed by atoms with Gasteiger partial charge in [0.1, 0.15) is 0 Å². The summed E-state index contributed by atoms with van der Waals surface area (Å²) in [7, 11) is 0. The normalized spacial score (nSPS) is 13.9. The zero-order chi connectivity index (χ0) is 19.6. The number of anilines is 1. The average Bonchev–Trinajstić information content (AvgIpc) is 3.29. The molecule has 1 aliphatic heterocycles. The van der Waals surface area contributed by atoms with Crippen molar-refractivity contribution in [1.29, 1.82) is 0 Å². The number of nitrogens with two attached hydrogens (primary N) is 1. The van der Waals surface area contributed by atoms with E-state index in [2.05, 4.69) is 44.9 Å². The van der Waals surface area contributed by atoms with Gasteiger partial charge in [0, 0.05) is 60.0 Å². The molecule has 6 heteroatoms. The summed E-state index contributed by atoms with van der Waals surface area (Å²) in [5.74, 6) is 0.766. The number of thiophene rings is 1. The highest BCUT2D eigenvalue weighted by Gasteiger charge is 2.19. The van der Waals surface area contributed by atoms with Crippen molar-refractivity contribution in [2.24, 2.45) is 0 Å². The van der Waals surface area contributed by atoms with Crippen LogP contribution in [0.2, 0.25) is 0 Å². The van der Waals surface area contributed by atoms with Gasteiger partial charge in [0.2, 0.25) is 0 Å². The average molecular weight is 400 g/mol. The van der Waals surface area contributed by atoms with E-state index in [1.165, 1.54) is 11.1 Å². The molecule has 2 N–H and O–H groups in total. The van der Waals surface area contributed by atoms with E-state index in [0.29, 0.717) is 0 Å². The van der Waals surface area contributed by atoms with Gasteiger partial charge in [0.25, 0.3) is 0 Å². The summed E-state index contributed by atoms with van der Waals surface area (Å²) in [6.45, 7) is 2.65. The Hall–Kier alpha value is -3.09. The Morgan fingerprint density at radius 3 is 2.72 bits per heavy atom. The van der Waals surface area contributed by atoms with Crippen LogP contribution in [0.1, 0.15) is 17.0 Å². The van der Waals surface area contributed by atoms with Crippen molar-refractivity contribution in [1.82, 2.24) is 19.9 Å². The second-order valence-electron chi connectivity index (χ2n) is 7.27. The minimum atomic E-state index is 0.749. The van der Waals surface area contributed by atoms with Crippen LogP contribution in [-0.2, 0) is 19.5 Å².